The zero-order valence-electron chi connectivity index (χ0n) is 13.1. The molecule has 4 nitrogen and oxygen atoms in total. The fraction of sp³-hybridized carbons (Fsp3) is 0. The van der Waals surface area contributed by atoms with Crippen LogP contribution in [0, 0.1) is 0 Å². The van der Waals surface area contributed by atoms with Crippen molar-refractivity contribution in [3.8, 4) is 22.7 Å². The Labute approximate surface area is 151 Å². The van der Waals surface area contributed by atoms with E-state index < -0.39 is 0 Å². The van der Waals surface area contributed by atoms with Gasteiger partial charge in [0.2, 0.25) is 0 Å². The second-order valence-corrected chi connectivity index (χ2v) is 6.70. The first-order valence-electron chi connectivity index (χ1n) is 7.88. The van der Waals surface area contributed by atoms with Crippen LogP contribution in [0.25, 0.3) is 39.3 Å². The van der Waals surface area contributed by atoms with E-state index in [1.807, 2.05) is 71.2 Å². The van der Waals surface area contributed by atoms with Gasteiger partial charge in [0, 0.05) is 27.7 Å². The molecule has 0 spiro atoms. The summed E-state index contributed by atoms with van der Waals surface area (Å²) in [6.07, 6.45) is 1.78. The SMILES string of the molecule is Brc1ccc2oc(-c3ccnc4cc(-c5ccccc5)nn34)cc2c1. The molecule has 25 heavy (non-hydrogen) atoms. The third-order valence-corrected chi connectivity index (χ3v) is 4.65. The van der Waals surface area contributed by atoms with Crippen LogP contribution in [-0.2, 0) is 0 Å². The van der Waals surface area contributed by atoms with Crippen LogP contribution in [0.3, 0.4) is 0 Å². The summed E-state index contributed by atoms with van der Waals surface area (Å²) in [7, 11) is 0. The molecule has 0 amide bonds. The van der Waals surface area contributed by atoms with Crippen molar-refractivity contribution < 1.29 is 4.42 Å². The normalized spacial score (nSPS) is 11.4. The van der Waals surface area contributed by atoms with Crippen molar-refractivity contribution in [1.82, 2.24) is 14.6 Å². The molecule has 0 aliphatic heterocycles. The summed E-state index contributed by atoms with van der Waals surface area (Å²) in [5, 5.41) is 5.78. The summed E-state index contributed by atoms with van der Waals surface area (Å²) in [6, 6.07) is 22.0. The summed E-state index contributed by atoms with van der Waals surface area (Å²) < 4.78 is 8.88. The van der Waals surface area contributed by atoms with E-state index >= 15 is 0 Å². The number of nitrogens with zero attached hydrogens (tertiary/aromatic N) is 3. The Bertz CT molecular complexity index is 1210. The summed E-state index contributed by atoms with van der Waals surface area (Å²) in [5.74, 6) is 0.767. The second kappa shape index (κ2) is 5.57. The Morgan fingerprint density at radius 2 is 1.80 bits per heavy atom. The first-order valence-corrected chi connectivity index (χ1v) is 8.67. The van der Waals surface area contributed by atoms with Crippen molar-refractivity contribution in [1.29, 1.82) is 0 Å². The molecule has 3 heterocycles. The molecule has 0 fully saturated rings. The van der Waals surface area contributed by atoms with Crippen molar-refractivity contribution in [2.45, 2.75) is 0 Å². The van der Waals surface area contributed by atoms with E-state index in [2.05, 4.69) is 20.9 Å². The van der Waals surface area contributed by atoms with Crippen LogP contribution in [0.4, 0.5) is 0 Å². The van der Waals surface area contributed by atoms with E-state index in [0.29, 0.717) is 0 Å². The number of fused-ring (bicyclic) bond motifs is 2. The number of hydrogen-bond donors (Lipinski definition) is 0. The highest BCUT2D eigenvalue weighted by Gasteiger charge is 2.13. The minimum absolute atomic E-state index is 0.767. The topological polar surface area (TPSA) is 43.3 Å². The van der Waals surface area contributed by atoms with Gasteiger partial charge in [0.1, 0.15) is 11.3 Å². The Balaban J connectivity index is 1.71. The van der Waals surface area contributed by atoms with Gasteiger partial charge in [-0.05, 0) is 30.3 Å². The van der Waals surface area contributed by atoms with Crippen molar-refractivity contribution in [3.05, 3.63) is 77.4 Å². The molecule has 120 valence electrons. The third kappa shape index (κ3) is 2.44. The molecule has 5 aromatic rings. The van der Waals surface area contributed by atoms with Gasteiger partial charge in [0.15, 0.2) is 11.4 Å². The Morgan fingerprint density at radius 3 is 2.68 bits per heavy atom. The number of halogens is 1. The molecule has 5 heteroatoms. The summed E-state index contributed by atoms with van der Waals surface area (Å²) >= 11 is 3.50. The third-order valence-electron chi connectivity index (χ3n) is 4.16. The molecule has 0 aliphatic rings. The smallest absolute Gasteiger partial charge is 0.156 e. The van der Waals surface area contributed by atoms with Crippen molar-refractivity contribution in [2.75, 3.05) is 0 Å². The highest BCUT2D eigenvalue weighted by atomic mass is 79.9. The lowest BCUT2D eigenvalue weighted by atomic mass is 10.2. The lowest BCUT2D eigenvalue weighted by Gasteiger charge is -2.00. The molecule has 0 saturated carbocycles. The first kappa shape index (κ1) is 14.4. The van der Waals surface area contributed by atoms with Gasteiger partial charge in [-0.1, -0.05) is 46.3 Å². The number of benzene rings is 2. The Morgan fingerprint density at radius 1 is 0.920 bits per heavy atom. The molecule has 2 aromatic carbocycles. The van der Waals surface area contributed by atoms with Gasteiger partial charge in [0.25, 0.3) is 0 Å². The molecular formula is C20H12BrN3O. The molecule has 0 bridgehead atoms. The van der Waals surface area contributed by atoms with Gasteiger partial charge < -0.3 is 4.42 Å². The largest absolute Gasteiger partial charge is 0.454 e. The lowest BCUT2D eigenvalue weighted by molar-refractivity contribution is 0.625. The predicted molar refractivity (Wildman–Crippen MR) is 101 cm³/mol. The quantitative estimate of drug-likeness (QED) is 0.396. The average Bonchev–Trinajstić information content (AvgIpc) is 3.25. The van der Waals surface area contributed by atoms with Gasteiger partial charge in [-0.2, -0.15) is 5.10 Å². The maximum atomic E-state index is 6.02. The highest BCUT2D eigenvalue weighted by Crippen LogP contribution is 2.30. The molecule has 3 aromatic heterocycles. The number of furan rings is 1. The Hall–Kier alpha value is -2.92. The minimum Gasteiger partial charge on any atom is -0.454 e. The predicted octanol–water partition coefficient (Wildman–Crippen LogP) is 5.57. The standard InChI is InChI=1S/C20H12BrN3O/c21-15-6-7-18-14(10-15)11-19(25-18)17-8-9-22-20-12-16(23-24(17)20)13-4-2-1-3-5-13/h1-12H. The van der Waals surface area contributed by atoms with Crippen LogP contribution in [0.2, 0.25) is 0 Å². The second-order valence-electron chi connectivity index (χ2n) is 5.79. The minimum atomic E-state index is 0.767. The van der Waals surface area contributed by atoms with Crippen LogP contribution < -0.4 is 0 Å². The van der Waals surface area contributed by atoms with Gasteiger partial charge in [0.05, 0.1) is 5.69 Å². The number of aromatic nitrogens is 3. The van der Waals surface area contributed by atoms with Crippen molar-refractivity contribution in [2.24, 2.45) is 0 Å². The number of hydrogen-bond acceptors (Lipinski definition) is 3. The van der Waals surface area contributed by atoms with E-state index in [9.17, 15) is 0 Å². The van der Waals surface area contributed by atoms with Crippen LogP contribution in [0.1, 0.15) is 0 Å². The lowest BCUT2D eigenvalue weighted by Crippen LogP contribution is -1.94. The molecule has 0 atom stereocenters. The van der Waals surface area contributed by atoms with Crippen molar-refractivity contribution in [3.63, 3.8) is 0 Å². The fourth-order valence-corrected chi connectivity index (χ4v) is 3.35. The van der Waals surface area contributed by atoms with Gasteiger partial charge >= 0.3 is 0 Å². The molecule has 0 N–H and O–H groups in total. The molecular weight excluding hydrogens is 378 g/mol. The van der Waals surface area contributed by atoms with Crippen LogP contribution in [0.15, 0.2) is 81.8 Å². The highest BCUT2D eigenvalue weighted by molar-refractivity contribution is 9.10. The van der Waals surface area contributed by atoms with Gasteiger partial charge in [-0.25, -0.2) is 9.50 Å². The molecule has 0 saturated heterocycles. The Kier molecular flexibility index (Phi) is 3.21. The van der Waals surface area contributed by atoms with Crippen LogP contribution in [-0.4, -0.2) is 14.6 Å². The fourth-order valence-electron chi connectivity index (χ4n) is 2.97. The summed E-state index contributed by atoms with van der Waals surface area (Å²) in [6.45, 7) is 0. The van der Waals surface area contributed by atoms with E-state index in [1.54, 1.807) is 6.20 Å². The van der Waals surface area contributed by atoms with E-state index in [0.717, 1.165) is 43.8 Å². The summed E-state index contributed by atoms with van der Waals surface area (Å²) in [4.78, 5) is 4.43. The average molecular weight is 390 g/mol. The van der Waals surface area contributed by atoms with E-state index in [-0.39, 0.29) is 0 Å². The summed E-state index contributed by atoms with van der Waals surface area (Å²) in [5.41, 5.74) is 4.46. The molecule has 0 unspecified atom stereocenters. The monoisotopic (exact) mass is 389 g/mol. The maximum absolute atomic E-state index is 6.02. The van der Waals surface area contributed by atoms with Gasteiger partial charge in [-0.3, -0.25) is 0 Å². The van der Waals surface area contributed by atoms with Crippen LogP contribution in [0.5, 0.6) is 0 Å². The maximum Gasteiger partial charge on any atom is 0.156 e. The molecule has 0 radical (unpaired) electrons. The molecule has 0 aliphatic carbocycles. The zero-order chi connectivity index (χ0) is 16.8. The van der Waals surface area contributed by atoms with Gasteiger partial charge in [-0.15, -0.1) is 0 Å². The zero-order valence-corrected chi connectivity index (χ0v) is 14.6. The number of rotatable bonds is 2. The molecule has 5 rings (SSSR count). The van der Waals surface area contributed by atoms with E-state index in [1.165, 1.54) is 0 Å². The van der Waals surface area contributed by atoms with Crippen molar-refractivity contribution >= 4 is 32.5 Å². The van der Waals surface area contributed by atoms with Crippen LogP contribution >= 0.6 is 15.9 Å². The first-order chi connectivity index (χ1) is 12.3. The van der Waals surface area contributed by atoms with E-state index in [4.69, 9.17) is 9.52 Å².